The minimum atomic E-state index is -0.0972. The summed E-state index contributed by atoms with van der Waals surface area (Å²) < 4.78 is 5.08. The zero-order valence-electron chi connectivity index (χ0n) is 11.9. The van der Waals surface area contributed by atoms with Crippen molar-refractivity contribution in [2.45, 2.75) is 38.1 Å². The van der Waals surface area contributed by atoms with Gasteiger partial charge in [-0.3, -0.25) is 4.79 Å². The van der Waals surface area contributed by atoms with Crippen LogP contribution in [-0.2, 0) is 17.6 Å². The van der Waals surface area contributed by atoms with E-state index in [1.54, 1.807) is 6.07 Å². The molecule has 0 aliphatic heterocycles. The average Bonchev–Trinajstić information content (AvgIpc) is 3.05. The first-order chi connectivity index (χ1) is 10.0. The van der Waals surface area contributed by atoms with Crippen LogP contribution >= 0.6 is 11.6 Å². The third-order valence-electron chi connectivity index (χ3n) is 3.73. The number of hydrogen-bond acceptors (Lipinski definition) is 3. The van der Waals surface area contributed by atoms with Crippen LogP contribution in [0.2, 0.25) is 5.02 Å². The van der Waals surface area contributed by atoms with Gasteiger partial charge in [0.1, 0.15) is 5.76 Å². The van der Waals surface area contributed by atoms with E-state index < -0.39 is 0 Å². The van der Waals surface area contributed by atoms with Crippen molar-refractivity contribution in [2.75, 3.05) is 0 Å². The number of carbonyl (C=O) groups excluding carboxylic acids is 1. The van der Waals surface area contributed by atoms with Crippen LogP contribution < -0.4 is 5.32 Å². The van der Waals surface area contributed by atoms with E-state index in [9.17, 15) is 4.79 Å². The molecule has 0 unspecified atom stereocenters. The molecule has 0 saturated heterocycles. The molecular weight excluding hydrogens is 288 g/mol. The highest BCUT2D eigenvalue weighted by Crippen LogP contribution is 2.38. The number of nitrogens with zero attached hydrogens (tertiary/aromatic N) is 1. The average molecular weight is 305 g/mol. The van der Waals surface area contributed by atoms with Crippen molar-refractivity contribution >= 4 is 17.5 Å². The van der Waals surface area contributed by atoms with Crippen LogP contribution in [0, 0.1) is 6.92 Å². The molecule has 0 spiro atoms. The van der Waals surface area contributed by atoms with Crippen molar-refractivity contribution in [1.82, 2.24) is 10.5 Å². The summed E-state index contributed by atoms with van der Waals surface area (Å²) in [5.41, 5.74) is 1.88. The minimum Gasteiger partial charge on any atom is -0.361 e. The lowest BCUT2D eigenvalue weighted by Crippen LogP contribution is -2.39. The predicted octanol–water partition coefficient (Wildman–Crippen LogP) is 3.07. The Hall–Kier alpha value is -1.81. The van der Waals surface area contributed by atoms with E-state index >= 15 is 0 Å². The van der Waals surface area contributed by atoms with Crippen LogP contribution in [0.4, 0.5) is 0 Å². The number of halogens is 1. The van der Waals surface area contributed by atoms with Gasteiger partial charge in [-0.2, -0.15) is 0 Å². The second kappa shape index (κ2) is 5.53. The van der Waals surface area contributed by atoms with Crippen LogP contribution in [0.25, 0.3) is 0 Å². The van der Waals surface area contributed by atoms with E-state index in [0.29, 0.717) is 5.76 Å². The van der Waals surface area contributed by atoms with Crippen LogP contribution in [0.15, 0.2) is 34.9 Å². The molecule has 1 amide bonds. The molecule has 1 N–H and O–H groups in total. The number of nitrogens with one attached hydrogen (secondary N) is 1. The summed E-state index contributed by atoms with van der Waals surface area (Å²) >= 11 is 5.89. The number of benzene rings is 1. The number of aromatic nitrogens is 1. The Bertz CT molecular complexity index is 645. The standard InChI is InChI=1S/C16H17ClN2O2/c1-11-8-14(21-19-11)9-15(20)18-16(6-7-16)10-12-2-4-13(17)5-3-12/h2-5,8H,6-7,9-10H2,1H3,(H,18,20). The van der Waals surface area contributed by atoms with Gasteiger partial charge < -0.3 is 9.84 Å². The number of hydrogen-bond donors (Lipinski definition) is 1. The molecule has 2 aromatic rings. The van der Waals surface area contributed by atoms with E-state index in [1.165, 1.54) is 5.56 Å². The predicted molar refractivity (Wildman–Crippen MR) is 80.2 cm³/mol. The Morgan fingerprint density at radius 3 is 2.67 bits per heavy atom. The van der Waals surface area contributed by atoms with Crippen molar-refractivity contribution in [3.63, 3.8) is 0 Å². The number of rotatable bonds is 5. The first-order valence-corrected chi connectivity index (χ1v) is 7.40. The number of aryl methyl sites for hydroxylation is 1. The molecule has 1 heterocycles. The van der Waals surface area contributed by atoms with E-state index in [0.717, 1.165) is 30.0 Å². The van der Waals surface area contributed by atoms with E-state index in [-0.39, 0.29) is 17.9 Å². The smallest absolute Gasteiger partial charge is 0.228 e. The molecule has 0 bridgehead atoms. The molecule has 3 rings (SSSR count). The second-order valence-corrected chi connectivity index (χ2v) is 6.18. The molecule has 21 heavy (non-hydrogen) atoms. The van der Waals surface area contributed by atoms with Crippen molar-refractivity contribution < 1.29 is 9.32 Å². The topological polar surface area (TPSA) is 55.1 Å². The van der Waals surface area contributed by atoms with Crippen LogP contribution in [-0.4, -0.2) is 16.6 Å². The molecule has 1 aliphatic carbocycles. The van der Waals surface area contributed by atoms with Gasteiger partial charge in [0.25, 0.3) is 0 Å². The molecular formula is C16H17ClN2O2. The normalized spacial score (nSPS) is 15.7. The van der Waals surface area contributed by atoms with Gasteiger partial charge in [0, 0.05) is 16.6 Å². The molecule has 1 fully saturated rings. The van der Waals surface area contributed by atoms with Crippen molar-refractivity contribution in [3.05, 3.63) is 52.4 Å². The molecule has 4 nitrogen and oxygen atoms in total. The molecule has 1 saturated carbocycles. The highest BCUT2D eigenvalue weighted by atomic mass is 35.5. The molecule has 1 aromatic carbocycles. The zero-order valence-corrected chi connectivity index (χ0v) is 12.6. The van der Waals surface area contributed by atoms with E-state index in [1.807, 2.05) is 31.2 Å². The van der Waals surface area contributed by atoms with Gasteiger partial charge >= 0.3 is 0 Å². The molecule has 0 atom stereocenters. The maximum Gasteiger partial charge on any atom is 0.228 e. The Morgan fingerprint density at radius 1 is 1.38 bits per heavy atom. The molecule has 1 aromatic heterocycles. The van der Waals surface area contributed by atoms with Crippen molar-refractivity contribution in [1.29, 1.82) is 0 Å². The number of amides is 1. The fraction of sp³-hybridized carbons (Fsp3) is 0.375. The first-order valence-electron chi connectivity index (χ1n) is 7.02. The maximum absolute atomic E-state index is 12.1. The van der Waals surface area contributed by atoms with E-state index in [4.69, 9.17) is 16.1 Å². The van der Waals surface area contributed by atoms with Gasteiger partial charge in [0.15, 0.2) is 0 Å². The van der Waals surface area contributed by atoms with Gasteiger partial charge in [0.05, 0.1) is 12.1 Å². The Labute approximate surface area is 128 Å². The molecule has 110 valence electrons. The summed E-state index contributed by atoms with van der Waals surface area (Å²) in [6.45, 7) is 1.84. The van der Waals surface area contributed by atoms with Gasteiger partial charge in [-0.1, -0.05) is 28.9 Å². The summed E-state index contributed by atoms with van der Waals surface area (Å²) in [7, 11) is 0. The first kappa shape index (κ1) is 14.1. The molecule has 5 heteroatoms. The summed E-state index contributed by atoms with van der Waals surface area (Å²) in [6, 6.07) is 9.57. The van der Waals surface area contributed by atoms with E-state index in [2.05, 4.69) is 10.5 Å². The van der Waals surface area contributed by atoms with Gasteiger partial charge in [0.2, 0.25) is 5.91 Å². The van der Waals surface area contributed by atoms with Gasteiger partial charge in [-0.05, 0) is 43.9 Å². The third kappa shape index (κ3) is 3.64. The zero-order chi connectivity index (χ0) is 14.9. The Balaban J connectivity index is 1.58. The van der Waals surface area contributed by atoms with Gasteiger partial charge in [-0.25, -0.2) is 0 Å². The quantitative estimate of drug-likeness (QED) is 0.923. The van der Waals surface area contributed by atoms with Gasteiger partial charge in [-0.15, -0.1) is 0 Å². The Morgan fingerprint density at radius 2 is 2.10 bits per heavy atom. The summed E-state index contributed by atoms with van der Waals surface area (Å²) in [4.78, 5) is 12.1. The van der Waals surface area contributed by atoms with Crippen molar-refractivity contribution in [3.8, 4) is 0 Å². The molecule has 0 radical (unpaired) electrons. The fourth-order valence-corrected chi connectivity index (χ4v) is 2.61. The summed E-state index contributed by atoms with van der Waals surface area (Å²) in [5.74, 6) is 0.588. The fourth-order valence-electron chi connectivity index (χ4n) is 2.49. The molecule has 1 aliphatic rings. The lowest BCUT2D eigenvalue weighted by molar-refractivity contribution is -0.121. The largest absolute Gasteiger partial charge is 0.361 e. The van der Waals surface area contributed by atoms with Crippen molar-refractivity contribution in [2.24, 2.45) is 0 Å². The lowest BCUT2D eigenvalue weighted by Gasteiger charge is -2.17. The highest BCUT2D eigenvalue weighted by molar-refractivity contribution is 6.30. The third-order valence-corrected chi connectivity index (χ3v) is 3.98. The monoisotopic (exact) mass is 304 g/mol. The number of carbonyl (C=O) groups is 1. The Kier molecular flexibility index (Phi) is 3.72. The summed E-state index contributed by atoms with van der Waals surface area (Å²) in [5, 5.41) is 7.65. The van der Waals surface area contributed by atoms with Crippen LogP contribution in [0.3, 0.4) is 0 Å². The SMILES string of the molecule is Cc1cc(CC(=O)NC2(Cc3ccc(Cl)cc3)CC2)on1. The lowest BCUT2D eigenvalue weighted by atomic mass is 10.0. The minimum absolute atomic E-state index is 0.0161. The second-order valence-electron chi connectivity index (χ2n) is 5.74. The summed E-state index contributed by atoms with van der Waals surface area (Å²) in [6.07, 6.45) is 3.10. The van der Waals surface area contributed by atoms with Crippen LogP contribution in [0.1, 0.15) is 29.9 Å². The highest BCUT2D eigenvalue weighted by Gasteiger charge is 2.43. The maximum atomic E-state index is 12.1. The van der Waals surface area contributed by atoms with Crippen LogP contribution in [0.5, 0.6) is 0 Å².